The van der Waals surface area contributed by atoms with Crippen molar-refractivity contribution in [3.8, 4) is 0 Å². The standard InChI is InChI=1S/C19H15F6NO3/c1-29-17(28)15(10-11-5-4-6-12(9-11)18(20,21)22)26-16(27)13-7-2-3-8-14(13)19(23,24)25/h2-9,15H,10H2,1H3,(H,26,27)/t15-/m0/s1. The first-order valence-electron chi connectivity index (χ1n) is 8.14. The number of carbonyl (C=O) groups is 2. The second-order valence-corrected chi connectivity index (χ2v) is 5.99. The van der Waals surface area contributed by atoms with E-state index in [0.29, 0.717) is 6.07 Å². The Labute approximate surface area is 161 Å². The molecule has 0 heterocycles. The number of alkyl halides is 6. The van der Waals surface area contributed by atoms with Gasteiger partial charge in [0.25, 0.3) is 5.91 Å². The molecule has 0 aliphatic rings. The number of halogens is 6. The quantitative estimate of drug-likeness (QED) is 0.583. The molecule has 1 amide bonds. The van der Waals surface area contributed by atoms with Gasteiger partial charge in [-0.3, -0.25) is 4.79 Å². The van der Waals surface area contributed by atoms with Gasteiger partial charge in [0.1, 0.15) is 6.04 Å². The van der Waals surface area contributed by atoms with Gasteiger partial charge in [-0.25, -0.2) is 4.79 Å². The molecule has 0 bridgehead atoms. The molecule has 2 rings (SSSR count). The van der Waals surface area contributed by atoms with Gasteiger partial charge in [-0.2, -0.15) is 26.3 Å². The summed E-state index contributed by atoms with van der Waals surface area (Å²) in [7, 11) is 0.983. The number of hydrogen-bond acceptors (Lipinski definition) is 3. The summed E-state index contributed by atoms with van der Waals surface area (Å²) in [5, 5.41) is 2.11. The van der Waals surface area contributed by atoms with E-state index in [2.05, 4.69) is 10.1 Å². The van der Waals surface area contributed by atoms with Crippen LogP contribution < -0.4 is 5.32 Å². The van der Waals surface area contributed by atoms with E-state index in [4.69, 9.17) is 0 Å². The minimum absolute atomic E-state index is 0.0413. The molecular formula is C19H15F6NO3. The second kappa shape index (κ2) is 8.54. The fraction of sp³-hybridized carbons (Fsp3) is 0.263. The van der Waals surface area contributed by atoms with Crippen molar-refractivity contribution in [1.29, 1.82) is 0 Å². The molecule has 0 unspecified atom stereocenters. The average molecular weight is 419 g/mol. The number of hydrogen-bond donors (Lipinski definition) is 1. The Hall–Kier alpha value is -3.04. The average Bonchev–Trinajstić information content (AvgIpc) is 2.65. The predicted octanol–water partition coefficient (Wildman–Crippen LogP) is 4.24. The Balaban J connectivity index is 2.30. The Bertz CT molecular complexity index is 892. The summed E-state index contributed by atoms with van der Waals surface area (Å²) in [4.78, 5) is 24.3. The number of esters is 1. The molecule has 1 N–H and O–H groups in total. The maximum atomic E-state index is 13.1. The highest BCUT2D eigenvalue weighted by atomic mass is 19.4. The lowest BCUT2D eigenvalue weighted by Gasteiger charge is -2.19. The third-order valence-corrected chi connectivity index (χ3v) is 3.96. The first-order valence-corrected chi connectivity index (χ1v) is 8.14. The molecule has 0 saturated carbocycles. The number of rotatable bonds is 5. The number of nitrogens with one attached hydrogen (secondary N) is 1. The van der Waals surface area contributed by atoms with Crippen molar-refractivity contribution in [2.45, 2.75) is 24.8 Å². The Kier molecular flexibility index (Phi) is 6.55. The number of methoxy groups -OCH3 is 1. The summed E-state index contributed by atoms with van der Waals surface area (Å²) in [6.45, 7) is 0. The van der Waals surface area contributed by atoms with Crippen LogP contribution in [0.1, 0.15) is 27.0 Å². The van der Waals surface area contributed by atoms with Crippen molar-refractivity contribution >= 4 is 11.9 Å². The van der Waals surface area contributed by atoms with E-state index in [1.807, 2.05) is 0 Å². The summed E-state index contributed by atoms with van der Waals surface area (Å²) in [5.74, 6) is -2.22. The van der Waals surface area contributed by atoms with Crippen molar-refractivity contribution in [2.24, 2.45) is 0 Å². The first kappa shape index (κ1) is 22.3. The minimum Gasteiger partial charge on any atom is -0.467 e. The number of benzene rings is 2. The van der Waals surface area contributed by atoms with Gasteiger partial charge < -0.3 is 10.1 Å². The Morgan fingerprint density at radius 1 is 0.966 bits per heavy atom. The zero-order valence-electron chi connectivity index (χ0n) is 14.9. The van der Waals surface area contributed by atoms with Crippen LogP contribution in [0.3, 0.4) is 0 Å². The Morgan fingerprint density at radius 2 is 1.62 bits per heavy atom. The van der Waals surface area contributed by atoms with Crippen LogP contribution in [0.15, 0.2) is 48.5 Å². The van der Waals surface area contributed by atoms with Crippen molar-refractivity contribution < 1.29 is 40.7 Å². The van der Waals surface area contributed by atoms with E-state index in [1.165, 1.54) is 12.1 Å². The minimum atomic E-state index is -4.81. The fourth-order valence-corrected chi connectivity index (χ4v) is 2.61. The monoisotopic (exact) mass is 419 g/mol. The van der Waals surface area contributed by atoms with Crippen LogP contribution in [-0.2, 0) is 28.3 Å². The van der Waals surface area contributed by atoms with Gasteiger partial charge in [0, 0.05) is 6.42 Å². The molecule has 1 atom stereocenters. The summed E-state index contributed by atoms with van der Waals surface area (Å²) in [6, 6.07) is 6.47. The third-order valence-electron chi connectivity index (χ3n) is 3.96. The molecule has 2 aromatic carbocycles. The molecule has 4 nitrogen and oxygen atoms in total. The van der Waals surface area contributed by atoms with Crippen molar-refractivity contribution in [3.63, 3.8) is 0 Å². The topological polar surface area (TPSA) is 55.4 Å². The SMILES string of the molecule is COC(=O)[C@H](Cc1cccc(C(F)(F)F)c1)NC(=O)c1ccccc1C(F)(F)F. The summed E-state index contributed by atoms with van der Waals surface area (Å²) < 4.78 is 82.4. The molecule has 2 aromatic rings. The highest BCUT2D eigenvalue weighted by Gasteiger charge is 2.36. The lowest BCUT2D eigenvalue weighted by molar-refractivity contribution is -0.142. The summed E-state index contributed by atoms with van der Waals surface area (Å²) in [6.07, 6.45) is -9.84. The molecular weight excluding hydrogens is 404 g/mol. The molecule has 0 spiro atoms. The molecule has 0 fully saturated rings. The normalized spacial score (nSPS) is 12.9. The van der Waals surface area contributed by atoms with Crippen molar-refractivity contribution in [2.75, 3.05) is 7.11 Å². The van der Waals surface area contributed by atoms with Crippen LogP contribution in [0.25, 0.3) is 0 Å². The van der Waals surface area contributed by atoms with Gasteiger partial charge in [0.2, 0.25) is 0 Å². The zero-order valence-corrected chi connectivity index (χ0v) is 14.9. The van der Waals surface area contributed by atoms with Crippen LogP contribution in [0.4, 0.5) is 26.3 Å². The lowest BCUT2D eigenvalue weighted by atomic mass is 10.0. The molecule has 0 saturated heterocycles. The van der Waals surface area contributed by atoms with Crippen LogP contribution >= 0.6 is 0 Å². The van der Waals surface area contributed by atoms with E-state index in [0.717, 1.165) is 37.4 Å². The second-order valence-electron chi connectivity index (χ2n) is 5.99. The van der Waals surface area contributed by atoms with E-state index < -0.39 is 53.4 Å². The molecule has 0 radical (unpaired) electrons. The summed E-state index contributed by atoms with van der Waals surface area (Å²) in [5.41, 5.74) is -2.86. The first-order chi connectivity index (χ1) is 13.4. The highest BCUT2D eigenvalue weighted by Crippen LogP contribution is 2.32. The molecule has 29 heavy (non-hydrogen) atoms. The third kappa shape index (κ3) is 5.72. The highest BCUT2D eigenvalue weighted by molar-refractivity contribution is 5.98. The van der Waals surface area contributed by atoms with Crippen molar-refractivity contribution in [3.05, 3.63) is 70.8 Å². The maximum absolute atomic E-state index is 13.1. The van der Waals surface area contributed by atoms with Crippen molar-refractivity contribution in [1.82, 2.24) is 5.32 Å². The van der Waals surface area contributed by atoms with E-state index in [1.54, 1.807) is 0 Å². The number of amides is 1. The number of carbonyl (C=O) groups excluding carboxylic acids is 2. The van der Waals surface area contributed by atoms with Gasteiger partial charge >= 0.3 is 18.3 Å². The maximum Gasteiger partial charge on any atom is 0.417 e. The molecule has 0 aliphatic carbocycles. The van der Waals surface area contributed by atoms with Gasteiger partial charge in [-0.05, 0) is 23.8 Å². The van der Waals surface area contributed by atoms with E-state index in [-0.39, 0.29) is 5.56 Å². The van der Waals surface area contributed by atoms with E-state index >= 15 is 0 Å². The van der Waals surface area contributed by atoms with Gasteiger partial charge in [0.05, 0.1) is 23.8 Å². The van der Waals surface area contributed by atoms with Crippen LogP contribution in [0, 0.1) is 0 Å². The van der Waals surface area contributed by atoms with Gasteiger partial charge in [-0.15, -0.1) is 0 Å². The molecule has 156 valence electrons. The van der Waals surface area contributed by atoms with Crippen LogP contribution in [0.2, 0.25) is 0 Å². The predicted molar refractivity (Wildman–Crippen MR) is 89.9 cm³/mol. The van der Waals surface area contributed by atoms with Crippen LogP contribution in [0.5, 0.6) is 0 Å². The molecule has 10 heteroatoms. The van der Waals surface area contributed by atoms with Crippen LogP contribution in [-0.4, -0.2) is 25.0 Å². The fourth-order valence-electron chi connectivity index (χ4n) is 2.61. The zero-order chi connectivity index (χ0) is 21.8. The van der Waals surface area contributed by atoms with Gasteiger partial charge in [-0.1, -0.05) is 30.3 Å². The lowest BCUT2D eigenvalue weighted by Crippen LogP contribution is -2.43. The molecule has 0 aromatic heterocycles. The molecule has 0 aliphatic heterocycles. The smallest absolute Gasteiger partial charge is 0.417 e. The van der Waals surface area contributed by atoms with Gasteiger partial charge in [0.15, 0.2) is 0 Å². The summed E-state index contributed by atoms with van der Waals surface area (Å²) >= 11 is 0. The Morgan fingerprint density at radius 3 is 2.21 bits per heavy atom. The number of ether oxygens (including phenoxy) is 1. The van der Waals surface area contributed by atoms with E-state index in [9.17, 15) is 35.9 Å². The largest absolute Gasteiger partial charge is 0.467 e.